The number of rotatable bonds is 6. The molecule has 13 heteroatoms. The molecule has 1 fully saturated rings. The van der Waals surface area contributed by atoms with Crippen LogP contribution < -0.4 is 5.32 Å². The van der Waals surface area contributed by atoms with E-state index in [2.05, 4.69) is 15.3 Å². The van der Waals surface area contributed by atoms with E-state index in [-0.39, 0.29) is 54.8 Å². The van der Waals surface area contributed by atoms with Crippen LogP contribution in [-0.4, -0.2) is 84.1 Å². The Kier molecular flexibility index (Phi) is 7.15. The van der Waals surface area contributed by atoms with Crippen molar-refractivity contribution in [3.63, 3.8) is 0 Å². The standard InChI is InChI=1S/C19H16B5ClF2N4O/c20-18(21,22)12-8-28-15(29-9-12)10-30-19(23,24)17(27)3-5-31(6-4-17)16(32)11-1-2-14(26)13(25)7-11/h1-2,7-9,30H,3-6,10H2. The number of alkyl halides is 1. The molecule has 1 aliphatic rings. The number of amides is 1. The Bertz CT molecular complexity index is 983. The van der Waals surface area contributed by atoms with Crippen LogP contribution in [0.4, 0.5) is 8.78 Å². The van der Waals surface area contributed by atoms with Crippen molar-refractivity contribution in [2.24, 2.45) is 0 Å². The number of piperidine rings is 1. The van der Waals surface area contributed by atoms with Gasteiger partial charge < -0.3 is 10.2 Å². The highest BCUT2D eigenvalue weighted by molar-refractivity contribution is 6.58. The van der Waals surface area contributed by atoms with E-state index in [0.29, 0.717) is 5.56 Å². The molecular weight excluding hydrogens is 428 g/mol. The van der Waals surface area contributed by atoms with E-state index in [1.165, 1.54) is 29.4 Å². The van der Waals surface area contributed by atoms with Crippen molar-refractivity contribution in [2.45, 2.75) is 35.5 Å². The maximum Gasteiger partial charge on any atom is 0.253 e. The lowest BCUT2D eigenvalue weighted by atomic mass is 9.40. The number of aromatic nitrogens is 2. The molecule has 1 amide bonds. The van der Waals surface area contributed by atoms with E-state index in [1.807, 2.05) is 0 Å². The number of hydrogen-bond acceptors (Lipinski definition) is 4. The maximum absolute atomic E-state index is 15.6. The molecule has 0 atom stereocenters. The number of carbonyl (C=O) groups excluding carboxylic acids is 1. The molecule has 2 heterocycles. The fourth-order valence-corrected chi connectivity index (χ4v) is 3.52. The van der Waals surface area contributed by atoms with Gasteiger partial charge in [0.15, 0.2) is 0 Å². The average molecular weight is 444 g/mol. The summed E-state index contributed by atoms with van der Waals surface area (Å²) < 4.78 is 29.0. The van der Waals surface area contributed by atoms with E-state index in [1.54, 1.807) is 0 Å². The van der Waals surface area contributed by atoms with Crippen molar-refractivity contribution in [1.82, 2.24) is 20.2 Å². The van der Waals surface area contributed by atoms with Crippen LogP contribution in [0.5, 0.6) is 0 Å². The zero-order valence-corrected chi connectivity index (χ0v) is 17.9. The van der Waals surface area contributed by atoms with Crippen LogP contribution in [0.25, 0.3) is 0 Å². The lowest BCUT2D eigenvalue weighted by molar-refractivity contribution is 0.0291. The van der Waals surface area contributed by atoms with Gasteiger partial charge in [0.2, 0.25) is 0 Å². The predicted molar refractivity (Wildman–Crippen MR) is 122 cm³/mol. The Balaban J connectivity index is 1.60. The second kappa shape index (κ2) is 9.22. The van der Waals surface area contributed by atoms with Gasteiger partial charge >= 0.3 is 0 Å². The molecule has 1 aromatic carbocycles. The first-order chi connectivity index (χ1) is 14.8. The van der Waals surface area contributed by atoms with Crippen molar-refractivity contribution in [3.05, 3.63) is 58.4 Å². The fraction of sp³-hybridized carbons (Fsp3) is 0.421. The molecule has 0 unspecified atom stereocenters. The summed E-state index contributed by atoms with van der Waals surface area (Å²) in [5, 5.41) is -0.922. The summed E-state index contributed by atoms with van der Waals surface area (Å²) >= 11 is 5.74. The zero-order valence-electron chi connectivity index (χ0n) is 17.2. The molecule has 10 radical (unpaired) electrons. The second-order valence-corrected chi connectivity index (χ2v) is 8.34. The van der Waals surface area contributed by atoms with Gasteiger partial charge in [0.05, 0.1) is 50.8 Å². The monoisotopic (exact) mass is 444 g/mol. The SMILES string of the molecule is [B]C([B])([B])c1cnc(CNC([B])([B])C2(F)CCN(C(=O)c3ccc(F)c(Cl)c3)CC2)nc1. The summed E-state index contributed by atoms with van der Waals surface area (Å²) in [7, 11) is 28.8. The largest absolute Gasteiger partial charge is 0.338 e. The van der Waals surface area contributed by atoms with Gasteiger partial charge in [0, 0.05) is 31.0 Å². The highest BCUT2D eigenvalue weighted by Crippen LogP contribution is 2.34. The molecule has 5 nitrogen and oxygen atoms in total. The third-order valence-corrected chi connectivity index (χ3v) is 5.79. The van der Waals surface area contributed by atoms with E-state index >= 15 is 4.39 Å². The minimum absolute atomic E-state index is 0.0254. The summed E-state index contributed by atoms with van der Waals surface area (Å²) in [6, 6.07) is 3.67. The van der Waals surface area contributed by atoms with Crippen molar-refractivity contribution in [2.75, 3.05) is 13.1 Å². The van der Waals surface area contributed by atoms with Gasteiger partial charge in [-0.1, -0.05) is 11.6 Å². The minimum Gasteiger partial charge on any atom is -0.338 e. The zero-order chi connectivity index (χ0) is 23.7. The van der Waals surface area contributed by atoms with Gasteiger partial charge in [-0.2, -0.15) is 0 Å². The molecule has 1 saturated heterocycles. The molecule has 0 bridgehead atoms. The highest BCUT2D eigenvalue weighted by atomic mass is 35.5. The number of halogens is 3. The number of nitrogens with zero attached hydrogens (tertiary/aromatic N) is 3. The van der Waals surface area contributed by atoms with Gasteiger partial charge in [0.1, 0.15) is 17.3 Å². The Morgan fingerprint density at radius 3 is 2.28 bits per heavy atom. The first-order valence-electron chi connectivity index (χ1n) is 9.76. The molecule has 0 aliphatic carbocycles. The summed E-state index contributed by atoms with van der Waals surface area (Å²) in [5.74, 6) is -0.729. The van der Waals surface area contributed by atoms with E-state index in [4.69, 9.17) is 50.8 Å². The molecule has 1 aromatic heterocycles. The van der Waals surface area contributed by atoms with Gasteiger partial charge in [-0.05, 0) is 41.9 Å². The molecule has 0 saturated carbocycles. The summed E-state index contributed by atoms with van der Waals surface area (Å²) in [6.07, 6.45) is 2.50. The predicted octanol–water partition coefficient (Wildman–Crippen LogP) is 0.610. The Hall–Kier alpha value is -1.80. The van der Waals surface area contributed by atoms with Gasteiger partial charge in [-0.15, -0.1) is 5.11 Å². The number of likely N-dealkylation sites (tertiary alicyclic amines) is 1. The van der Waals surface area contributed by atoms with Crippen molar-refractivity contribution >= 4 is 56.7 Å². The third kappa shape index (κ3) is 5.39. The normalized spacial score (nSPS) is 16.7. The summed E-state index contributed by atoms with van der Waals surface area (Å²) in [5.41, 5.74) is -1.48. The van der Waals surface area contributed by atoms with E-state index < -0.39 is 21.9 Å². The van der Waals surface area contributed by atoms with Crippen LogP contribution in [0.1, 0.15) is 34.6 Å². The van der Waals surface area contributed by atoms with E-state index in [0.717, 1.165) is 6.07 Å². The van der Waals surface area contributed by atoms with Crippen LogP contribution in [0, 0.1) is 5.82 Å². The van der Waals surface area contributed by atoms with Crippen LogP contribution in [0.15, 0.2) is 30.6 Å². The van der Waals surface area contributed by atoms with Gasteiger partial charge in [-0.3, -0.25) is 4.79 Å². The van der Waals surface area contributed by atoms with E-state index in [9.17, 15) is 9.18 Å². The van der Waals surface area contributed by atoms with Crippen LogP contribution in [0.2, 0.25) is 5.02 Å². The summed E-state index contributed by atoms with van der Waals surface area (Å²) in [4.78, 5) is 22.2. The number of nitrogens with one attached hydrogen (secondary N) is 1. The fourth-order valence-electron chi connectivity index (χ4n) is 3.34. The first kappa shape index (κ1) is 24.8. The number of benzene rings is 1. The van der Waals surface area contributed by atoms with Crippen molar-refractivity contribution < 1.29 is 13.6 Å². The molecule has 32 heavy (non-hydrogen) atoms. The Morgan fingerprint density at radius 1 is 1.16 bits per heavy atom. The lowest BCUT2D eigenvalue weighted by Crippen LogP contribution is -2.65. The molecule has 154 valence electrons. The maximum atomic E-state index is 15.6. The minimum atomic E-state index is -2.01. The van der Waals surface area contributed by atoms with Gasteiger partial charge in [-0.25, -0.2) is 18.7 Å². The van der Waals surface area contributed by atoms with Crippen LogP contribution in [-0.2, 0) is 11.7 Å². The molecular formula is C19H16B5ClF2N4O. The highest BCUT2D eigenvalue weighted by Gasteiger charge is 2.47. The average Bonchev–Trinajstić information content (AvgIpc) is 2.74. The Labute approximate surface area is 197 Å². The lowest BCUT2D eigenvalue weighted by Gasteiger charge is -2.47. The quantitative estimate of drug-likeness (QED) is 0.665. The third-order valence-electron chi connectivity index (χ3n) is 5.50. The first-order valence-corrected chi connectivity index (χ1v) is 10.1. The van der Waals surface area contributed by atoms with Crippen LogP contribution >= 0.6 is 11.6 Å². The second-order valence-electron chi connectivity index (χ2n) is 7.93. The van der Waals surface area contributed by atoms with Crippen LogP contribution in [0.3, 0.4) is 0 Å². The molecule has 1 aliphatic heterocycles. The smallest absolute Gasteiger partial charge is 0.253 e. The van der Waals surface area contributed by atoms with Gasteiger partial charge in [0.25, 0.3) is 5.91 Å². The number of carbonyl (C=O) groups is 1. The molecule has 0 spiro atoms. The van der Waals surface area contributed by atoms with Crippen molar-refractivity contribution in [1.29, 1.82) is 0 Å². The summed E-state index contributed by atoms with van der Waals surface area (Å²) in [6.45, 7) is 0.111. The Morgan fingerprint density at radius 2 is 1.75 bits per heavy atom. The van der Waals surface area contributed by atoms with Crippen molar-refractivity contribution in [3.8, 4) is 0 Å². The topological polar surface area (TPSA) is 58.1 Å². The molecule has 3 rings (SSSR count). The number of hydrogen-bond donors (Lipinski definition) is 1. The molecule has 2 aromatic rings. The molecule has 1 N–H and O–H groups in total.